The summed E-state index contributed by atoms with van der Waals surface area (Å²) in [7, 11) is 0. The normalized spacial score (nSPS) is 11.2. The van der Waals surface area contributed by atoms with E-state index in [4.69, 9.17) is 9.47 Å². The van der Waals surface area contributed by atoms with Gasteiger partial charge >= 0.3 is 6.18 Å². The first-order valence-electron chi connectivity index (χ1n) is 13.0. The molecule has 2 heterocycles. The Balaban J connectivity index is 1.76. The lowest BCUT2D eigenvalue weighted by Gasteiger charge is -2.11. The number of aromatic amines is 1. The van der Waals surface area contributed by atoms with Crippen LogP contribution in [0.5, 0.6) is 11.5 Å². The third kappa shape index (κ3) is 9.53. The van der Waals surface area contributed by atoms with Crippen molar-refractivity contribution in [3.05, 3.63) is 65.5 Å². The number of unbranched alkanes of at least 4 members (excludes halogenated alkanes) is 6. The van der Waals surface area contributed by atoms with Crippen molar-refractivity contribution in [2.24, 2.45) is 0 Å². The van der Waals surface area contributed by atoms with Crippen molar-refractivity contribution in [2.45, 2.75) is 71.4 Å². The molecular formula is C30H35F3N2O2. The molecule has 7 heteroatoms. The number of hydrogen-bond donors (Lipinski definition) is 1. The predicted octanol–water partition coefficient (Wildman–Crippen LogP) is 8.41. The average Bonchev–Trinajstić information content (AvgIpc) is 3.39. The van der Waals surface area contributed by atoms with Gasteiger partial charge < -0.3 is 14.5 Å². The van der Waals surface area contributed by atoms with Gasteiger partial charge in [-0.3, -0.25) is 4.98 Å². The first-order chi connectivity index (χ1) is 17.9. The maximum atomic E-state index is 13.0. The maximum Gasteiger partial charge on any atom is 0.417 e. The highest BCUT2D eigenvalue weighted by atomic mass is 19.4. The van der Waals surface area contributed by atoms with Crippen molar-refractivity contribution in [1.82, 2.24) is 9.97 Å². The van der Waals surface area contributed by atoms with E-state index in [1.54, 1.807) is 12.1 Å². The first-order valence-corrected chi connectivity index (χ1v) is 13.0. The van der Waals surface area contributed by atoms with Crippen molar-refractivity contribution in [1.29, 1.82) is 0 Å². The highest BCUT2D eigenvalue weighted by Gasteiger charge is 2.31. The minimum atomic E-state index is -4.41. The molecule has 0 spiro atoms. The third-order valence-corrected chi connectivity index (χ3v) is 5.81. The van der Waals surface area contributed by atoms with Gasteiger partial charge in [0.15, 0.2) is 0 Å². The summed E-state index contributed by atoms with van der Waals surface area (Å²) in [6.07, 6.45) is 7.03. The van der Waals surface area contributed by atoms with Crippen LogP contribution in [0.4, 0.5) is 13.2 Å². The second-order valence-corrected chi connectivity index (χ2v) is 8.99. The van der Waals surface area contributed by atoms with Crippen molar-refractivity contribution in [3.8, 4) is 34.7 Å². The van der Waals surface area contributed by atoms with Crippen molar-refractivity contribution >= 4 is 0 Å². The van der Waals surface area contributed by atoms with Gasteiger partial charge in [0.1, 0.15) is 11.5 Å². The fourth-order valence-corrected chi connectivity index (χ4v) is 3.75. The molecule has 198 valence electrons. The van der Waals surface area contributed by atoms with E-state index in [1.165, 1.54) is 31.9 Å². The number of benzene rings is 1. The summed E-state index contributed by atoms with van der Waals surface area (Å²) in [5, 5.41) is 0. The molecule has 0 aliphatic carbocycles. The number of nitrogens with one attached hydrogen (secondary N) is 1. The van der Waals surface area contributed by atoms with E-state index in [2.05, 4.69) is 35.7 Å². The van der Waals surface area contributed by atoms with Crippen LogP contribution in [0.2, 0.25) is 0 Å². The summed E-state index contributed by atoms with van der Waals surface area (Å²) in [4.78, 5) is 6.84. The number of aromatic nitrogens is 2. The molecule has 1 aromatic carbocycles. The van der Waals surface area contributed by atoms with E-state index < -0.39 is 11.7 Å². The molecule has 0 aliphatic rings. The van der Waals surface area contributed by atoms with E-state index in [0.717, 1.165) is 43.5 Å². The van der Waals surface area contributed by atoms with Crippen LogP contribution in [-0.4, -0.2) is 23.2 Å². The van der Waals surface area contributed by atoms with E-state index in [0.29, 0.717) is 36.0 Å². The largest absolute Gasteiger partial charge is 0.493 e. The Morgan fingerprint density at radius 1 is 0.784 bits per heavy atom. The van der Waals surface area contributed by atoms with E-state index in [-0.39, 0.29) is 5.69 Å². The lowest BCUT2D eigenvalue weighted by Crippen LogP contribution is -2.02. The van der Waals surface area contributed by atoms with Gasteiger partial charge in [-0.2, -0.15) is 13.2 Å². The molecule has 2 aromatic heterocycles. The van der Waals surface area contributed by atoms with Gasteiger partial charge in [-0.05, 0) is 43.2 Å². The predicted molar refractivity (Wildman–Crippen MR) is 141 cm³/mol. The minimum absolute atomic E-state index is 0.285. The van der Waals surface area contributed by atoms with Gasteiger partial charge in [-0.15, -0.1) is 0 Å². The van der Waals surface area contributed by atoms with Crippen LogP contribution in [0.1, 0.15) is 81.9 Å². The van der Waals surface area contributed by atoms with E-state index in [9.17, 15) is 13.2 Å². The topological polar surface area (TPSA) is 47.1 Å². The number of alkyl halides is 3. The standard InChI is InChI=1S/C30H35F3N2O2/c1-3-5-7-9-15-36-26-17-24(18-27(21-26)37-16-10-8-6-4-2)12-11-23-13-14-34-28(19-23)29-20-25(22-35-29)30(31,32)33/h13-14,17-22,35H,3-10,15-16H2,1-2H3. The highest BCUT2D eigenvalue weighted by molar-refractivity contribution is 5.59. The van der Waals surface area contributed by atoms with Gasteiger partial charge in [0, 0.05) is 29.6 Å². The molecule has 0 fully saturated rings. The van der Waals surface area contributed by atoms with Crippen LogP contribution < -0.4 is 9.47 Å². The zero-order chi connectivity index (χ0) is 26.5. The third-order valence-electron chi connectivity index (χ3n) is 5.81. The molecule has 0 bridgehead atoms. The number of H-pyrrole nitrogens is 1. The molecule has 0 aliphatic heterocycles. The summed E-state index contributed by atoms with van der Waals surface area (Å²) in [6, 6.07) is 10.1. The number of ether oxygens (including phenoxy) is 2. The van der Waals surface area contributed by atoms with E-state index in [1.807, 2.05) is 18.2 Å². The number of rotatable bonds is 13. The van der Waals surface area contributed by atoms with Crippen molar-refractivity contribution < 1.29 is 22.6 Å². The lowest BCUT2D eigenvalue weighted by molar-refractivity contribution is -0.137. The Kier molecular flexibility index (Phi) is 10.9. The van der Waals surface area contributed by atoms with Gasteiger partial charge in [0.2, 0.25) is 0 Å². The van der Waals surface area contributed by atoms with Crippen LogP contribution in [0, 0.1) is 11.8 Å². The molecule has 37 heavy (non-hydrogen) atoms. The Morgan fingerprint density at radius 2 is 1.41 bits per heavy atom. The minimum Gasteiger partial charge on any atom is -0.493 e. The molecule has 0 saturated carbocycles. The molecule has 3 rings (SSSR count). The Labute approximate surface area is 217 Å². The number of nitrogens with zero attached hydrogens (tertiary/aromatic N) is 1. The molecule has 0 atom stereocenters. The van der Waals surface area contributed by atoms with Gasteiger partial charge in [-0.1, -0.05) is 64.2 Å². The second-order valence-electron chi connectivity index (χ2n) is 8.99. The average molecular weight is 513 g/mol. The van der Waals surface area contributed by atoms with Crippen molar-refractivity contribution in [3.63, 3.8) is 0 Å². The molecule has 0 saturated heterocycles. The maximum absolute atomic E-state index is 13.0. The van der Waals surface area contributed by atoms with Crippen LogP contribution in [-0.2, 0) is 6.18 Å². The van der Waals surface area contributed by atoms with Gasteiger partial charge in [0.25, 0.3) is 0 Å². The molecule has 4 nitrogen and oxygen atoms in total. The zero-order valence-electron chi connectivity index (χ0n) is 21.6. The molecule has 1 N–H and O–H groups in total. The Bertz CT molecular complexity index is 1140. The summed E-state index contributed by atoms with van der Waals surface area (Å²) >= 11 is 0. The quantitative estimate of drug-likeness (QED) is 0.185. The zero-order valence-corrected chi connectivity index (χ0v) is 21.6. The van der Waals surface area contributed by atoms with Gasteiger partial charge in [0.05, 0.1) is 30.2 Å². The monoisotopic (exact) mass is 512 g/mol. The summed E-state index contributed by atoms with van der Waals surface area (Å²) in [6.45, 7) is 5.63. The first kappa shape index (κ1) is 28.2. The van der Waals surface area contributed by atoms with Crippen LogP contribution in [0.15, 0.2) is 48.8 Å². The molecule has 0 amide bonds. The Morgan fingerprint density at radius 3 is 1.97 bits per heavy atom. The summed E-state index contributed by atoms with van der Waals surface area (Å²) < 4.78 is 50.8. The fourth-order valence-electron chi connectivity index (χ4n) is 3.75. The van der Waals surface area contributed by atoms with Crippen LogP contribution >= 0.6 is 0 Å². The molecule has 0 radical (unpaired) electrons. The second kappa shape index (κ2) is 14.4. The number of halogens is 3. The number of pyridine rings is 1. The highest BCUT2D eigenvalue weighted by Crippen LogP contribution is 2.31. The summed E-state index contributed by atoms with van der Waals surface area (Å²) in [5.74, 6) is 7.67. The van der Waals surface area contributed by atoms with Crippen LogP contribution in [0.3, 0.4) is 0 Å². The van der Waals surface area contributed by atoms with Crippen molar-refractivity contribution in [2.75, 3.05) is 13.2 Å². The molecular weight excluding hydrogens is 477 g/mol. The Hall–Kier alpha value is -3.40. The van der Waals surface area contributed by atoms with E-state index >= 15 is 0 Å². The summed E-state index contributed by atoms with van der Waals surface area (Å²) in [5.41, 5.74) is 1.32. The van der Waals surface area contributed by atoms with Gasteiger partial charge in [-0.25, -0.2) is 0 Å². The SMILES string of the molecule is CCCCCCOc1cc(C#Cc2ccnc(-c3cc(C(F)(F)F)c[nH]3)c2)cc(OCCCCCC)c1. The molecule has 3 aromatic rings. The molecule has 0 unspecified atom stereocenters. The fraction of sp³-hybridized carbons (Fsp3) is 0.433. The lowest BCUT2D eigenvalue weighted by atomic mass is 10.1. The van der Waals surface area contributed by atoms with Crippen LogP contribution in [0.25, 0.3) is 11.4 Å². The smallest absolute Gasteiger partial charge is 0.417 e. The number of hydrogen-bond acceptors (Lipinski definition) is 3.